The van der Waals surface area contributed by atoms with Crippen LogP contribution in [0.1, 0.15) is 27.7 Å². The number of piperazine rings is 1. The molecule has 0 aromatic rings. The van der Waals surface area contributed by atoms with Crippen LogP contribution in [0.25, 0.3) is 0 Å². The molecule has 0 saturated carbocycles. The quantitative estimate of drug-likeness (QED) is 0.555. The van der Waals surface area contributed by atoms with Gasteiger partial charge in [-0.1, -0.05) is 6.08 Å². The van der Waals surface area contributed by atoms with Crippen LogP contribution >= 0.6 is 0 Å². The summed E-state index contributed by atoms with van der Waals surface area (Å²) in [6.07, 6.45) is 2.96. The van der Waals surface area contributed by atoms with Crippen LogP contribution in [0.5, 0.6) is 0 Å². The van der Waals surface area contributed by atoms with Gasteiger partial charge >= 0.3 is 12.1 Å². The number of nitrogens with zero attached hydrogens (tertiary/aromatic N) is 2. The number of ether oxygens (including phenoxy) is 2. The van der Waals surface area contributed by atoms with Crippen LogP contribution in [-0.4, -0.2) is 79.9 Å². The Bertz CT molecular complexity index is 424. The smallest absolute Gasteiger partial charge is 0.407 e. The van der Waals surface area contributed by atoms with Crippen molar-refractivity contribution in [1.82, 2.24) is 15.1 Å². The zero-order valence-corrected chi connectivity index (χ0v) is 15.3. The molecule has 1 saturated heterocycles. The standard InChI is InChI=1S/C17H31N3O4/c1-5-23-15(21)7-6-9-19-11-13-20(14-12-19)10-8-18-16(22)24-17(2,3)4/h6-7H,5,8-14H2,1-4H3,(H,18,22)/b7-6+. The third-order valence-corrected chi connectivity index (χ3v) is 3.47. The van der Waals surface area contributed by atoms with Crippen LogP contribution in [0.2, 0.25) is 0 Å². The molecule has 1 aliphatic rings. The second kappa shape index (κ2) is 10.3. The summed E-state index contributed by atoms with van der Waals surface area (Å²) in [5.74, 6) is -0.288. The van der Waals surface area contributed by atoms with Crippen molar-refractivity contribution >= 4 is 12.1 Å². The van der Waals surface area contributed by atoms with Crippen molar-refractivity contribution in [3.05, 3.63) is 12.2 Å². The molecular formula is C17H31N3O4. The number of hydrogen-bond acceptors (Lipinski definition) is 6. The lowest BCUT2D eigenvalue weighted by atomic mass is 10.2. The van der Waals surface area contributed by atoms with Crippen molar-refractivity contribution in [2.24, 2.45) is 0 Å². The Morgan fingerprint density at radius 2 is 1.75 bits per heavy atom. The molecule has 24 heavy (non-hydrogen) atoms. The molecule has 1 amide bonds. The summed E-state index contributed by atoms with van der Waals surface area (Å²) >= 11 is 0. The van der Waals surface area contributed by atoms with Gasteiger partial charge in [0.2, 0.25) is 0 Å². The number of alkyl carbamates (subject to hydrolysis) is 1. The van der Waals surface area contributed by atoms with Crippen molar-refractivity contribution in [2.45, 2.75) is 33.3 Å². The average Bonchev–Trinajstić information content (AvgIpc) is 2.47. The zero-order chi connectivity index (χ0) is 18.0. The first-order valence-corrected chi connectivity index (χ1v) is 8.55. The van der Waals surface area contributed by atoms with Crippen LogP contribution in [0.15, 0.2) is 12.2 Å². The third-order valence-electron chi connectivity index (χ3n) is 3.47. The molecule has 1 aliphatic heterocycles. The number of hydrogen-bond donors (Lipinski definition) is 1. The highest BCUT2D eigenvalue weighted by atomic mass is 16.6. The van der Waals surface area contributed by atoms with E-state index in [0.717, 1.165) is 39.3 Å². The molecule has 0 unspecified atom stereocenters. The number of rotatable bonds is 7. The highest BCUT2D eigenvalue weighted by molar-refractivity contribution is 5.81. The highest BCUT2D eigenvalue weighted by Crippen LogP contribution is 2.06. The van der Waals surface area contributed by atoms with Crippen LogP contribution in [0.3, 0.4) is 0 Å². The zero-order valence-electron chi connectivity index (χ0n) is 15.3. The van der Waals surface area contributed by atoms with E-state index in [0.29, 0.717) is 13.2 Å². The maximum atomic E-state index is 11.6. The van der Waals surface area contributed by atoms with E-state index in [9.17, 15) is 9.59 Å². The van der Waals surface area contributed by atoms with Crippen molar-refractivity contribution in [3.63, 3.8) is 0 Å². The second-order valence-corrected chi connectivity index (χ2v) is 6.73. The molecule has 0 aromatic heterocycles. The summed E-state index contributed by atoms with van der Waals surface area (Å²) in [5.41, 5.74) is -0.465. The predicted octanol–water partition coefficient (Wildman–Crippen LogP) is 1.25. The molecule has 0 bridgehead atoms. The Hall–Kier alpha value is -1.60. The molecule has 7 heteroatoms. The first-order chi connectivity index (χ1) is 11.3. The molecule has 1 N–H and O–H groups in total. The van der Waals surface area contributed by atoms with E-state index in [4.69, 9.17) is 9.47 Å². The number of nitrogens with one attached hydrogen (secondary N) is 1. The van der Waals surface area contributed by atoms with Gasteiger partial charge < -0.3 is 14.8 Å². The molecule has 0 atom stereocenters. The topological polar surface area (TPSA) is 71.1 Å². The lowest BCUT2D eigenvalue weighted by Crippen LogP contribution is -2.48. The maximum absolute atomic E-state index is 11.6. The van der Waals surface area contributed by atoms with Crippen LogP contribution in [-0.2, 0) is 14.3 Å². The second-order valence-electron chi connectivity index (χ2n) is 6.73. The van der Waals surface area contributed by atoms with Crippen molar-refractivity contribution in [3.8, 4) is 0 Å². The van der Waals surface area contributed by atoms with E-state index in [1.165, 1.54) is 6.08 Å². The summed E-state index contributed by atoms with van der Waals surface area (Å²) in [5, 5.41) is 2.78. The number of carbonyl (C=O) groups excluding carboxylic acids is 2. The van der Waals surface area contributed by atoms with Gasteiger partial charge in [0, 0.05) is 51.9 Å². The first-order valence-electron chi connectivity index (χ1n) is 8.55. The number of amides is 1. The molecule has 0 radical (unpaired) electrons. The minimum atomic E-state index is -0.465. The SMILES string of the molecule is CCOC(=O)/C=C/CN1CCN(CCNC(=O)OC(C)(C)C)CC1. The van der Waals surface area contributed by atoms with Crippen molar-refractivity contribution in [1.29, 1.82) is 0 Å². The summed E-state index contributed by atoms with van der Waals surface area (Å²) in [4.78, 5) is 27.4. The van der Waals surface area contributed by atoms with E-state index in [1.807, 2.05) is 26.8 Å². The maximum Gasteiger partial charge on any atom is 0.407 e. The van der Waals surface area contributed by atoms with Gasteiger partial charge in [0.15, 0.2) is 0 Å². The fourth-order valence-corrected chi connectivity index (χ4v) is 2.31. The van der Waals surface area contributed by atoms with E-state index in [1.54, 1.807) is 6.92 Å². The predicted molar refractivity (Wildman–Crippen MR) is 92.9 cm³/mol. The van der Waals surface area contributed by atoms with Crippen LogP contribution in [0, 0.1) is 0 Å². The summed E-state index contributed by atoms with van der Waals surface area (Å²) in [7, 11) is 0. The Balaban J connectivity index is 2.13. The summed E-state index contributed by atoms with van der Waals surface area (Å²) in [6, 6.07) is 0. The number of carbonyl (C=O) groups is 2. The third kappa shape index (κ3) is 9.52. The van der Waals surface area contributed by atoms with E-state index < -0.39 is 5.60 Å². The van der Waals surface area contributed by atoms with E-state index in [2.05, 4.69) is 15.1 Å². The fourth-order valence-electron chi connectivity index (χ4n) is 2.31. The largest absolute Gasteiger partial charge is 0.463 e. The minimum absolute atomic E-state index is 0.288. The van der Waals surface area contributed by atoms with Crippen molar-refractivity contribution in [2.75, 3.05) is 52.4 Å². The minimum Gasteiger partial charge on any atom is -0.463 e. The molecule has 0 aromatic carbocycles. The van der Waals surface area contributed by atoms with E-state index >= 15 is 0 Å². The Kier molecular flexibility index (Phi) is 8.78. The molecule has 1 heterocycles. The fraction of sp³-hybridized carbons (Fsp3) is 0.765. The lowest BCUT2D eigenvalue weighted by Gasteiger charge is -2.34. The van der Waals surface area contributed by atoms with Gasteiger partial charge in [-0.2, -0.15) is 0 Å². The highest BCUT2D eigenvalue weighted by Gasteiger charge is 2.18. The summed E-state index contributed by atoms with van der Waals surface area (Å²) < 4.78 is 10.0. The molecular weight excluding hydrogens is 310 g/mol. The van der Waals surface area contributed by atoms with Crippen LogP contribution in [0.4, 0.5) is 4.79 Å². The van der Waals surface area contributed by atoms with Gasteiger partial charge in [0.1, 0.15) is 5.60 Å². The van der Waals surface area contributed by atoms with Gasteiger partial charge in [-0.3, -0.25) is 9.80 Å². The van der Waals surface area contributed by atoms with Crippen LogP contribution < -0.4 is 5.32 Å². The number of esters is 1. The Morgan fingerprint density at radius 3 is 2.33 bits per heavy atom. The normalized spacial score (nSPS) is 17.0. The van der Waals surface area contributed by atoms with Crippen molar-refractivity contribution < 1.29 is 19.1 Å². The molecule has 7 nitrogen and oxygen atoms in total. The van der Waals surface area contributed by atoms with Gasteiger partial charge in [-0.15, -0.1) is 0 Å². The van der Waals surface area contributed by atoms with E-state index in [-0.39, 0.29) is 12.1 Å². The monoisotopic (exact) mass is 341 g/mol. The van der Waals surface area contributed by atoms with Gasteiger partial charge in [-0.05, 0) is 27.7 Å². The lowest BCUT2D eigenvalue weighted by molar-refractivity contribution is -0.137. The van der Waals surface area contributed by atoms with Gasteiger partial charge in [0.25, 0.3) is 0 Å². The molecule has 1 fully saturated rings. The molecule has 1 rings (SSSR count). The van der Waals surface area contributed by atoms with Gasteiger partial charge in [-0.25, -0.2) is 9.59 Å². The Morgan fingerprint density at radius 1 is 1.12 bits per heavy atom. The Labute approximate surface area is 145 Å². The summed E-state index contributed by atoms with van der Waals surface area (Å²) in [6.45, 7) is 13.7. The molecule has 0 spiro atoms. The van der Waals surface area contributed by atoms with Gasteiger partial charge in [0.05, 0.1) is 6.61 Å². The molecule has 138 valence electrons. The first kappa shape index (κ1) is 20.4. The molecule has 0 aliphatic carbocycles. The average molecular weight is 341 g/mol.